The minimum atomic E-state index is -0.938. The van der Waals surface area contributed by atoms with Gasteiger partial charge in [0.2, 0.25) is 0 Å². The SMILES string of the molecule is CCOC(=O)N1CCC2(CC1)CN(c1ccc(C(=N)c3cc(O[C@H](N)c4c(Cl)cncc4Cl)ccc3N)cn1)C2. The second kappa shape index (κ2) is 11.5. The van der Waals surface area contributed by atoms with Crippen LogP contribution < -0.4 is 21.1 Å². The van der Waals surface area contributed by atoms with Crippen LogP contribution in [0, 0.1) is 10.8 Å². The standard InChI is InChI=1S/C28H31Cl2N7O3/c1-2-39-27(38)36-9-7-28(8-10-36)15-37(16-28)23-6-3-17(12-35-23)25(32)19-11-18(4-5-22(19)31)40-26(33)24-20(29)13-34-14-21(24)30/h3-6,11-14,26,32H,2,7-10,15-16,31,33H2,1H3/t26-/m0/s1. The highest BCUT2D eigenvalue weighted by Crippen LogP contribution is 2.42. The Morgan fingerprint density at radius 1 is 1.12 bits per heavy atom. The molecular weight excluding hydrogens is 553 g/mol. The summed E-state index contributed by atoms with van der Waals surface area (Å²) >= 11 is 12.4. The zero-order valence-corrected chi connectivity index (χ0v) is 23.6. The monoisotopic (exact) mass is 583 g/mol. The smallest absolute Gasteiger partial charge is 0.409 e. The number of nitrogen functional groups attached to an aromatic ring is 1. The van der Waals surface area contributed by atoms with Crippen molar-refractivity contribution in [1.29, 1.82) is 5.41 Å². The third-order valence-corrected chi connectivity index (χ3v) is 8.10. The number of carbonyl (C=O) groups excluding carboxylic acids is 1. The summed E-state index contributed by atoms with van der Waals surface area (Å²) in [5.41, 5.74) is 14.8. The van der Waals surface area contributed by atoms with Gasteiger partial charge in [0, 0.05) is 72.6 Å². The van der Waals surface area contributed by atoms with Crippen molar-refractivity contribution < 1.29 is 14.3 Å². The lowest BCUT2D eigenvalue weighted by atomic mass is 9.72. The zero-order valence-electron chi connectivity index (χ0n) is 22.1. The molecule has 40 heavy (non-hydrogen) atoms. The van der Waals surface area contributed by atoms with E-state index in [0.717, 1.165) is 31.7 Å². The van der Waals surface area contributed by atoms with Crippen LogP contribution in [0.1, 0.15) is 42.7 Å². The largest absolute Gasteiger partial charge is 0.471 e. The molecule has 210 valence electrons. The van der Waals surface area contributed by atoms with Crippen molar-refractivity contribution in [2.75, 3.05) is 43.4 Å². The lowest BCUT2D eigenvalue weighted by Crippen LogP contribution is -2.61. The molecule has 12 heteroatoms. The van der Waals surface area contributed by atoms with Crippen LogP contribution in [-0.2, 0) is 4.74 Å². The first-order chi connectivity index (χ1) is 19.2. The molecule has 5 rings (SSSR count). The molecule has 1 atom stereocenters. The normalized spacial score (nSPS) is 16.8. The van der Waals surface area contributed by atoms with Gasteiger partial charge in [-0.3, -0.25) is 16.1 Å². The first-order valence-electron chi connectivity index (χ1n) is 13.0. The van der Waals surface area contributed by atoms with Crippen LogP contribution in [0.2, 0.25) is 10.0 Å². The maximum absolute atomic E-state index is 12.0. The molecule has 2 aromatic heterocycles. The predicted octanol–water partition coefficient (Wildman–Crippen LogP) is 4.88. The van der Waals surface area contributed by atoms with Gasteiger partial charge in [-0.25, -0.2) is 9.78 Å². The molecular formula is C28H31Cl2N7O3. The highest BCUT2D eigenvalue weighted by atomic mass is 35.5. The fourth-order valence-corrected chi connectivity index (χ4v) is 5.80. The van der Waals surface area contributed by atoms with Crippen LogP contribution >= 0.6 is 23.2 Å². The van der Waals surface area contributed by atoms with E-state index < -0.39 is 6.23 Å². The van der Waals surface area contributed by atoms with Gasteiger partial charge in [-0.1, -0.05) is 23.2 Å². The molecule has 10 nitrogen and oxygen atoms in total. The van der Waals surface area contributed by atoms with Gasteiger partial charge in [0.15, 0.2) is 6.23 Å². The van der Waals surface area contributed by atoms with E-state index in [9.17, 15) is 4.79 Å². The third kappa shape index (κ3) is 5.65. The quantitative estimate of drug-likeness (QED) is 0.203. The number of anilines is 2. The second-order valence-electron chi connectivity index (χ2n) is 10.1. The second-order valence-corrected chi connectivity index (χ2v) is 10.9. The number of carbonyl (C=O) groups is 1. The summed E-state index contributed by atoms with van der Waals surface area (Å²) in [6, 6.07) is 8.79. The number of hydrogen-bond acceptors (Lipinski definition) is 9. The number of nitrogens with zero attached hydrogens (tertiary/aromatic N) is 4. The Bertz CT molecular complexity index is 1380. The van der Waals surface area contributed by atoms with Crippen LogP contribution in [0.15, 0.2) is 48.9 Å². The van der Waals surface area contributed by atoms with Gasteiger partial charge in [0.05, 0.1) is 22.4 Å². The predicted molar refractivity (Wildman–Crippen MR) is 155 cm³/mol. The number of hydrogen-bond donors (Lipinski definition) is 3. The molecule has 0 aliphatic carbocycles. The number of pyridine rings is 2. The number of piperidine rings is 1. The van der Waals surface area contributed by atoms with E-state index in [1.165, 1.54) is 12.4 Å². The van der Waals surface area contributed by atoms with Crippen molar-refractivity contribution in [3.8, 4) is 5.75 Å². The molecule has 0 unspecified atom stereocenters. The number of ether oxygens (including phenoxy) is 2. The average molecular weight is 585 g/mol. The van der Waals surface area contributed by atoms with Crippen LogP contribution in [-0.4, -0.2) is 59.5 Å². The summed E-state index contributed by atoms with van der Waals surface area (Å²) in [7, 11) is 0. The van der Waals surface area contributed by atoms with Gasteiger partial charge in [-0.15, -0.1) is 0 Å². The fourth-order valence-electron chi connectivity index (χ4n) is 5.22. The summed E-state index contributed by atoms with van der Waals surface area (Å²) in [4.78, 5) is 24.6. The van der Waals surface area contributed by atoms with E-state index in [1.54, 1.807) is 29.3 Å². The number of aromatic nitrogens is 2. The minimum Gasteiger partial charge on any atom is -0.471 e. The van der Waals surface area contributed by atoms with Crippen molar-refractivity contribution in [3.05, 3.63) is 75.7 Å². The van der Waals surface area contributed by atoms with Crippen molar-refractivity contribution in [2.45, 2.75) is 26.0 Å². The molecule has 2 fully saturated rings. The van der Waals surface area contributed by atoms with E-state index in [2.05, 4.69) is 14.9 Å². The Morgan fingerprint density at radius 2 is 1.82 bits per heavy atom. The van der Waals surface area contributed by atoms with Gasteiger partial charge < -0.3 is 25.0 Å². The number of amides is 1. The summed E-state index contributed by atoms with van der Waals surface area (Å²) in [5.74, 6) is 1.27. The van der Waals surface area contributed by atoms with Gasteiger partial charge in [0.25, 0.3) is 0 Å². The highest BCUT2D eigenvalue weighted by molar-refractivity contribution is 6.35. The first-order valence-corrected chi connectivity index (χ1v) is 13.8. The summed E-state index contributed by atoms with van der Waals surface area (Å²) < 4.78 is 11.0. The Balaban J connectivity index is 1.22. The minimum absolute atomic E-state index is 0.205. The molecule has 1 amide bonds. The molecule has 3 aromatic rings. The molecule has 2 saturated heterocycles. The summed E-state index contributed by atoms with van der Waals surface area (Å²) in [5, 5.41) is 9.38. The maximum atomic E-state index is 12.0. The lowest BCUT2D eigenvalue weighted by Gasteiger charge is -2.54. The summed E-state index contributed by atoms with van der Waals surface area (Å²) in [6.07, 6.45) is 5.31. The van der Waals surface area contributed by atoms with E-state index in [-0.39, 0.29) is 17.2 Å². The zero-order chi connectivity index (χ0) is 28.4. The molecule has 2 aliphatic rings. The van der Waals surface area contributed by atoms with Crippen LogP contribution in [0.25, 0.3) is 0 Å². The molecule has 0 saturated carbocycles. The van der Waals surface area contributed by atoms with Gasteiger partial charge in [-0.2, -0.15) is 0 Å². The number of nitrogens with one attached hydrogen (secondary N) is 1. The van der Waals surface area contributed by atoms with Crippen LogP contribution in [0.5, 0.6) is 5.75 Å². The van der Waals surface area contributed by atoms with E-state index >= 15 is 0 Å². The number of nitrogens with two attached hydrogens (primary N) is 2. The van der Waals surface area contributed by atoms with E-state index in [4.69, 9.17) is 49.6 Å². The van der Waals surface area contributed by atoms with Crippen molar-refractivity contribution in [2.24, 2.45) is 11.1 Å². The first kappa shape index (κ1) is 27.9. The lowest BCUT2D eigenvalue weighted by molar-refractivity contribution is 0.0550. The fraction of sp³-hybridized carbons (Fsp3) is 0.357. The van der Waals surface area contributed by atoms with Crippen molar-refractivity contribution in [3.63, 3.8) is 0 Å². The van der Waals surface area contributed by atoms with Gasteiger partial charge >= 0.3 is 6.09 Å². The van der Waals surface area contributed by atoms with Gasteiger partial charge in [-0.05, 0) is 50.1 Å². The molecule has 0 radical (unpaired) electrons. The summed E-state index contributed by atoms with van der Waals surface area (Å²) in [6.45, 7) is 5.44. The maximum Gasteiger partial charge on any atom is 0.409 e. The Hall–Kier alpha value is -3.60. The third-order valence-electron chi connectivity index (χ3n) is 7.50. The molecule has 2 aliphatic heterocycles. The molecule has 5 N–H and O–H groups in total. The van der Waals surface area contributed by atoms with Crippen LogP contribution in [0.3, 0.4) is 0 Å². The molecule has 1 spiro atoms. The molecule has 4 heterocycles. The molecule has 1 aromatic carbocycles. The topological polar surface area (TPSA) is 144 Å². The highest BCUT2D eigenvalue weighted by Gasteiger charge is 2.46. The number of likely N-dealkylation sites (tertiary alicyclic amines) is 1. The average Bonchev–Trinajstić information content (AvgIpc) is 2.92. The number of benzene rings is 1. The Kier molecular flexibility index (Phi) is 8.02. The van der Waals surface area contributed by atoms with Crippen LogP contribution in [0.4, 0.5) is 16.3 Å². The molecule has 0 bridgehead atoms. The van der Waals surface area contributed by atoms with Crippen molar-refractivity contribution in [1.82, 2.24) is 14.9 Å². The number of halogens is 2. The Labute approximate surface area is 242 Å². The van der Waals surface area contributed by atoms with E-state index in [1.807, 2.05) is 19.1 Å². The van der Waals surface area contributed by atoms with Crippen molar-refractivity contribution >= 4 is 46.5 Å². The van der Waals surface area contributed by atoms with E-state index in [0.29, 0.717) is 57.9 Å². The van der Waals surface area contributed by atoms with Gasteiger partial charge in [0.1, 0.15) is 11.6 Å². The Morgan fingerprint density at radius 3 is 2.45 bits per heavy atom. The number of rotatable bonds is 7.